The lowest BCUT2D eigenvalue weighted by atomic mass is 9.88. The van der Waals surface area contributed by atoms with Crippen LogP contribution in [0.3, 0.4) is 0 Å². The fourth-order valence-corrected chi connectivity index (χ4v) is 2.78. The third-order valence-corrected chi connectivity index (χ3v) is 4.04. The maximum Gasteiger partial charge on any atom is 0.254 e. The molecule has 1 aliphatic heterocycles. The first kappa shape index (κ1) is 12.6. The van der Waals surface area contributed by atoms with Crippen LogP contribution in [0.2, 0.25) is 0 Å². The molecule has 19 heavy (non-hydrogen) atoms. The molecule has 1 heterocycles. The second-order valence-electron chi connectivity index (χ2n) is 5.67. The molecule has 2 aliphatic rings. The molecule has 0 unspecified atom stereocenters. The first-order chi connectivity index (χ1) is 9.12. The van der Waals surface area contributed by atoms with Crippen LogP contribution in [0.25, 0.3) is 0 Å². The molecule has 0 radical (unpaired) electrons. The van der Waals surface area contributed by atoms with Gasteiger partial charge in [0.25, 0.3) is 5.91 Å². The van der Waals surface area contributed by atoms with Crippen LogP contribution in [0.4, 0.5) is 0 Å². The molecule has 4 heteroatoms. The van der Waals surface area contributed by atoms with Gasteiger partial charge in [-0.05, 0) is 36.5 Å². The van der Waals surface area contributed by atoms with Crippen molar-refractivity contribution in [3.05, 3.63) is 35.4 Å². The van der Waals surface area contributed by atoms with Gasteiger partial charge in [-0.3, -0.25) is 4.79 Å². The Kier molecular flexibility index (Phi) is 3.07. The number of hydrogen-bond donors (Lipinski definition) is 1. The average Bonchev–Trinajstić information content (AvgIpc) is 3.19. The fourth-order valence-electron chi connectivity index (χ4n) is 2.78. The molecule has 0 spiro atoms. The molecule has 4 nitrogen and oxygen atoms in total. The Balaban J connectivity index is 1.66. The highest BCUT2D eigenvalue weighted by molar-refractivity contribution is 5.95. The highest BCUT2D eigenvalue weighted by Gasteiger charge is 2.53. The van der Waals surface area contributed by atoms with E-state index in [2.05, 4.69) is 0 Å². The van der Waals surface area contributed by atoms with Gasteiger partial charge < -0.3 is 14.7 Å². The zero-order chi connectivity index (χ0) is 13.5. The van der Waals surface area contributed by atoms with Gasteiger partial charge >= 0.3 is 0 Å². The zero-order valence-electron chi connectivity index (χ0n) is 11.1. The summed E-state index contributed by atoms with van der Waals surface area (Å²) in [7, 11) is 1.64. The number of amides is 1. The van der Waals surface area contributed by atoms with Crippen molar-refractivity contribution in [1.29, 1.82) is 0 Å². The maximum atomic E-state index is 12.3. The Morgan fingerprint density at radius 3 is 2.84 bits per heavy atom. The number of hydrogen-bond acceptors (Lipinski definition) is 3. The van der Waals surface area contributed by atoms with Crippen molar-refractivity contribution in [3.8, 4) is 0 Å². The molecule has 0 aromatic heterocycles. The normalized spacial score (nSPS) is 21.1. The number of β-amino-alcohol motifs (C(OH)–C–C–N with tert-alkyl or cyclic N) is 1. The van der Waals surface area contributed by atoms with E-state index in [0.717, 1.165) is 18.4 Å². The zero-order valence-corrected chi connectivity index (χ0v) is 11.1. The number of ether oxygens (including phenoxy) is 1. The van der Waals surface area contributed by atoms with Crippen molar-refractivity contribution < 1.29 is 14.6 Å². The van der Waals surface area contributed by atoms with Gasteiger partial charge in [-0.15, -0.1) is 0 Å². The first-order valence-corrected chi connectivity index (χ1v) is 6.72. The van der Waals surface area contributed by atoms with Crippen molar-refractivity contribution in [1.82, 2.24) is 4.90 Å². The molecule has 102 valence electrons. The average molecular weight is 261 g/mol. The highest BCUT2D eigenvalue weighted by Crippen LogP contribution is 2.44. The number of benzene rings is 1. The van der Waals surface area contributed by atoms with Crippen LogP contribution >= 0.6 is 0 Å². The quantitative estimate of drug-likeness (QED) is 0.892. The standard InChI is InChI=1S/C15H19NO3/c1-19-8-11-3-2-4-12(7-11)14(17)16-9-15(18,10-16)13-5-6-13/h2-4,7,13,18H,5-6,8-10H2,1H3. The number of carbonyl (C=O) groups excluding carboxylic acids is 1. The first-order valence-electron chi connectivity index (χ1n) is 6.72. The maximum absolute atomic E-state index is 12.3. The third-order valence-electron chi connectivity index (χ3n) is 4.04. The van der Waals surface area contributed by atoms with Gasteiger partial charge in [-0.2, -0.15) is 0 Å². The Labute approximate surface area is 113 Å². The van der Waals surface area contributed by atoms with Crippen molar-refractivity contribution in [2.75, 3.05) is 20.2 Å². The fraction of sp³-hybridized carbons (Fsp3) is 0.533. The van der Waals surface area contributed by atoms with Crippen molar-refractivity contribution in [2.45, 2.75) is 25.0 Å². The summed E-state index contributed by atoms with van der Waals surface area (Å²) in [6.45, 7) is 1.46. The van der Waals surface area contributed by atoms with Gasteiger partial charge in [0, 0.05) is 12.7 Å². The Morgan fingerprint density at radius 1 is 1.47 bits per heavy atom. The lowest BCUT2D eigenvalue weighted by Crippen LogP contribution is -2.64. The van der Waals surface area contributed by atoms with Gasteiger partial charge in [0.15, 0.2) is 0 Å². The third kappa shape index (κ3) is 2.38. The predicted octanol–water partition coefficient (Wildman–Crippen LogP) is 1.43. The van der Waals surface area contributed by atoms with E-state index < -0.39 is 5.60 Å². The molecule has 1 aliphatic carbocycles. The van der Waals surface area contributed by atoms with E-state index in [1.807, 2.05) is 24.3 Å². The summed E-state index contributed by atoms with van der Waals surface area (Å²) >= 11 is 0. The minimum absolute atomic E-state index is 0.00304. The number of likely N-dealkylation sites (tertiary alicyclic amines) is 1. The Morgan fingerprint density at radius 2 is 2.21 bits per heavy atom. The van der Waals surface area contributed by atoms with Gasteiger partial charge in [0.1, 0.15) is 5.60 Å². The Hall–Kier alpha value is -1.39. The monoisotopic (exact) mass is 261 g/mol. The van der Waals surface area contributed by atoms with E-state index in [0.29, 0.717) is 31.2 Å². The molecule has 1 saturated carbocycles. The Bertz CT molecular complexity index is 490. The minimum Gasteiger partial charge on any atom is -0.386 e. The molecule has 0 atom stereocenters. The van der Waals surface area contributed by atoms with Crippen LogP contribution in [0, 0.1) is 5.92 Å². The highest BCUT2D eigenvalue weighted by atomic mass is 16.5. The number of rotatable bonds is 4. The van der Waals surface area contributed by atoms with Gasteiger partial charge in [0.2, 0.25) is 0 Å². The van der Waals surface area contributed by atoms with Crippen molar-refractivity contribution >= 4 is 5.91 Å². The van der Waals surface area contributed by atoms with Gasteiger partial charge in [0.05, 0.1) is 19.7 Å². The molecule has 1 amide bonds. The van der Waals surface area contributed by atoms with Gasteiger partial charge in [-0.25, -0.2) is 0 Å². The molecule has 0 bridgehead atoms. The molecular weight excluding hydrogens is 242 g/mol. The SMILES string of the molecule is COCc1cccc(C(=O)N2CC(O)(C3CC3)C2)c1. The van der Waals surface area contributed by atoms with Crippen LogP contribution in [-0.4, -0.2) is 41.7 Å². The second kappa shape index (κ2) is 4.62. The van der Waals surface area contributed by atoms with E-state index in [4.69, 9.17) is 4.74 Å². The summed E-state index contributed by atoms with van der Waals surface area (Å²) in [5.41, 5.74) is 1.05. The van der Waals surface area contributed by atoms with E-state index >= 15 is 0 Å². The van der Waals surface area contributed by atoms with Crippen LogP contribution in [0.5, 0.6) is 0 Å². The molecular formula is C15H19NO3. The summed E-state index contributed by atoms with van der Waals surface area (Å²) < 4.78 is 5.07. The number of nitrogens with zero attached hydrogens (tertiary/aromatic N) is 1. The largest absolute Gasteiger partial charge is 0.386 e. The van der Waals surface area contributed by atoms with Crippen molar-refractivity contribution in [2.24, 2.45) is 5.92 Å². The summed E-state index contributed by atoms with van der Waals surface area (Å²) in [5.74, 6) is 0.416. The predicted molar refractivity (Wildman–Crippen MR) is 70.7 cm³/mol. The van der Waals surface area contributed by atoms with Crippen LogP contribution in [0.15, 0.2) is 24.3 Å². The second-order valence-corrected chi connectivity index (χ2v) is 5.67. The molecule has 2 fully saturated rings. The minimum atomic E-state index is -0.611. The number of methoxy groups -OCH3 is 1. The smallest absolute Gasteiger partial charge is 0.254 e. The molecule has 1 saturated heterocycles. The van der Waals surface area contributed by atoms with E-state index in [9.17, 15) is 9.90 Å². The van der Waals surface area contributed by atoms with E-state index in [1.165, 1.54) is 0 Å². The van der Waals surface area contributed by atoms with Crippen LogP contribution in [-0.2, 0) is 11.3 Å². The molecule has 1 aromatic carbocycles. The topological polar surface area (TPSA) is 49.8 Å². The number of aliphatic hydroxyl groups is 1. The summed E-state index contributed by atoms with van der Waals surface area (Å²) in [6, 6.07) is 7.49. The molecule has 1 aromatic rings. The van der Waals surface area contributed by atoms with E-state index in [-0.39, 0.29) is 5.91 Å². The van der Waals surface area contributed by atoms with Crippen LogP contribution in [0.1, 0.15) is 28.8 Å². The molecule has 3 rings (SSSR count). The van der Waals surface area contributed by atoms with Gasteiger partial charge in [-0.1, -0.05) is 12.1 Å². The summed E-state index contributed by atoms with van der Waals surface area (Å²) in [4.78, 5) is 14.0. The summed E-state index contributed by atoms with van der Waals surface area (Å²) in [5, 5.41) is 10.2. The molecule has 1 N–H and O–H groups in total. The summed E-state index contributed by atoms with van der Waals surface area (Å²) in [6.07, 6.45) is 2.20. The van der Waals surface area contributed by atoms with Crippen molar-refractivity contribution in [3.63, 3.8) is 0 Å². The number of carbonyl (C=O) groups is 1. The lowest BCUT2D eigenvalue weighted by molar-refractivity contribution is -0.0958. The van der Waals surface area contributed by atoms with E-state index in [1.54, 1.807) is 12.0 Å². The lowest BCUT2D eigenvalue weighted by Gasteiger charge is -2.47. The van der Waals surface area contributed by atoms with Crippen LogP contribution < -0.4 is 0 Å².